The van der Waals surface area contributed by atoms with Crippen LogP contribution in [0.25, 0.3) is 0 Å². The Morgan fingerprint density at radius 3 is 2.25 bits per heavy atom. The Morgan fingerprint density at radius 2 is 1.71 bits per heavy atom. The lowest BCUT2D eigenvalue weighted by Gasteiger charge is -2.21. The third-order valence-electron chi connectivity index (χ3n) is 3.87. The number of nitrogens with zero attached hydrogens (tertiary/aromatic N) is 2. The van der Waals surface area contributed by atoms with Crippen molar-refractivity contribution in [2.24, 2.45) is 4.99 Å². The number of hydrogen-bond acceptors (Lipinski definition) is 3. The van der Waals surface area contributed by atoms with Gasteiger partial charge in [0, 0.05) is 20.1 Å². The summed E-state index contributed by atoms with van der Waals surface area (Å²) in [5.41, 5.74) is 1.20. The van der Waals surface area contributed by atoms with Crippen molar-refractivity contribution in [3.8, 4) is 5.75 Å². The van der Waals surface area contributed by atoms with E-state index < -0.39 is 0 Å². The van der Waals surface area contributed by atoms with E-state index in [0.717, 1.165) is 37.8 Å². The Morgan fingerprint density at radius 1 is 1.04 bits per heavy atom. The zero-order valence-electron chi connectivity index (χ0n) is 15.8. The molecule has 0 aromatic heterocycles. The number of methoxy groups -OCH3 is 1. The van der Waals surface area contributed by atoms with Crippen molar-refractivity contribution in [3.63, 3.8) is 0 Å². The van der Waals surface area contributed by atoms with Gasteiger partial charge in [-0.2, -0.15) is 0 Å². The Labute approximate surface area is 147 Å². The van der Waals surface area contributed by atoms with Crippen LogP contribution in [-0.2, 0) is 6.54 Å². The van der Waals surface area contributed by atoms with Gasteiger partial charge in [-0.25, -0.2) is 0 Å². The molecular weight excluding hydrogens is 300 g/mol. The minimum atomic E-state index is 0.751. The molecule has 24 heavy (non-hydrogen) atoms. The molecule has 0 saturated carbocycles. The summed E-state index contributed by atoms with van der Waals surface area (Å²) >= 11 is 0. The molecule has 136 valence electrons. The van der Waals surface area contributed by atoms with E-state index in [4.69, 9.17) is 4.74 Å². The molecule has 0 aliphatic heterocycles. The molecule has 5 nitrogen and oxygen atoms in total. The molecular formula is C19H34N4O. The predicted octanol–water partition coefficient (Wildman–Crippen LogP) is 2.87. The first kappa shape index (κ1) is 20.3. The van der Waals surface area contributed by atoms with Crippen molar-refractivity contribution in [1.82, 2.24) is 15.5 Å². The topological polar surface area (TPSA) is 48.9 Å². The van der Waals surface area contributed by atoms with E-state index in [1.807, 2.05) is 19.2 Å². The van der Waals surface area contributed by atoms with Crippen LogP contribution in [0, 0.1) is 0 Å². The first-order valence-electron chi connectivity index (χ1n) is 9.03. The number of rotatable bonds is 11. The molecule has 1 aromatic rings. The van der Waals surface area contributed by atoms with Crippen molar-refractivity contribution < 1.29 is 4.74 Å². The van der Waals surface area contributed by atoms with Crippen LogP contribution in [0.15, 0.2) is 29.3 Å². The second-order valence-electron chi connectivity index (χ2n) is 5.90. The summed E-state index contributed by atoms with van der Waals surface area (Å²) < 4.78 is 5.17. The van der Waals surface area contributed by atoms with Crippen molar-refractivity contribution in [3.05, 3.63) is 29.8 Å². The third-order valence-corrected chi connectivity index (χ3v) is 3.87. The summed E-state index contributed by atoms with van der Waals surface area (Å²) in [6, 6.07) is 8.07. The summed E-state index contributed by atoms with van der Waals surface area (Å²) in [7, 11) is 3.49. The first-order chi connectivity index (χ1) is 11.7. The van der Waals surface area contributed by atoms with Crippen molar-refractivity contribution in [2.45, 2.75) is 39.7 Å². The highest BCUT2D eigenvalue weighted by molar-refractivity contribution is 5.79. The number of guanidine groups is 1. The average molecular weight is 335 g/mol. The summed E-state index contributed by atoms with van der Waals surface area (Å²) in [4.78, 5) is 6.82. The van der Waals surface area contributed by atoms with Gasteiger partial charge in [0.15, 0.2) is 5.96 Å². The van der Waals surface area contributed by atoms with Crippen LogP contribution in [0.1, 0.15) is 38.7 Å². The van der Waals surface area contributed by atoms with Gasteiger partial charge in [-0.1, -0.05) is 26.0 Å². The molecule has 0 amide bonds. The molecule has 1 aromatic carbocycles. The fourth-order valence-electron chi connectivity index (χ4n) is 2.63. The molecule has 0 heterocycles. The molecule has 5 heteroatoms. The predicted molar refractivity (Wildman–Crippen MR) is 103 cm³/mol. The Kier molecular flexibility index (Phi) is 10.7. The van der Waals surface area contributed by atoms with Gasteiger partial charge in [0.2, 0.25) is 0 Å². The first-order valence-corrected chi connectivity index (χ1v) is 9.03. The Balaban J connectivity index is 2.26. The van der Waals surface area contributed by atoms with Gasteiger partial charge in [-0.15, -0.1) is 0 Å². The second kappa shape index (κ2) is 12.6. The maximum atomic E-state index is 5.17. The van der Waals surface area contributed by atoms with Crippen LogP contribution < -0.4 is 15.4 Å². The quantitative estimate of drug-likeness (QED) is 0.371. The van der Waals surface area contributed by atoms with Gasteiger partial charge in [-0.05, 0) is 56.6 Å². The minimum Gasteiger partial charge on any atom is -0.497 e. The molecule has 0 saturated heterocycles. The van der Waals surface area contributed by atoms with Crippen molar-refractivity contribution >= 4 is 5.96 Å². The van der Waals surface area contributed by atoms with Crippen molar-refractivity contribution in [1.29, 1.82) is 0 Å². The van der Waals surface area contributed by atoms with E-state index in [2.05, 4.69) is 46.5 Å². The number of hydrogen-bond donors (Lipinski definition) is 2. The van der Waals surface area contributed by atoms with Gasteiger partial charge in [-0.3, -0.25) is 4.99 Å². The fraction of sp³-hybridized carbons (Fsp3) is 0.632. The van der Waals surface area contributed by atoms with E-state index in [-0.39, 0.29) is 0 Å². The molecule has 0 radical (unpaired) electrons. The molecule has 0 atom stereocenters. The fourth-order valence-corrected chi connectivity index (χ4v) is 2.63. The smallest absolute Gasteiger partial charge is 0.191 e. The molecule has 0 aliphatic carbocycles. The Hall–Kier alpha value is -1.75. The number of ether oxygens (including phenoxy) is 1. The standard InChI is InChI=1S/C19H34N4O/c1-5-13-23(14-6-2)15-7-12-21-19(20-3)22-16-17-8-10-18(24-4)11-9-17/h8-11H,5-7,12-16H2,1-4H3,(H2,20,21,22). The normalized spacial score (nSPS) is 11.6. The lowest BCUT2D eigenvalue weighted by molar-refractivity contribution is 0.271. The van der Waals surface area contributed by atoms with Crippen LogP contribution in [0.4, 0.5) is 0 Å². The highest BCUT2D eigenvalue weighted by Gasteiger charge is 2.03. The molecule has 0 fully saturated rings. The molecule has 0 bridgehead atoms. The van der Waals surface area contributed by atoms with Crippen LogP contribution in [0.5, 0.6) is 5.75 Å². The summed E-state index contributed by atoms with van der Waals surface area (Å²) in [5.74, 6) is 1.73. The maximum absolute atomic E-state index is 5.17. The SMILES string of the molecule is CCCN(CCC)CCCNC(=NC)NCc1ccc(OC)cc1. The van der Waals surface area contributed by atoms with Gasteiger partial charge in [0.25, 0.3) is 0 Å². The van der Waals surface area contributed by atoms with E-state index in [9.17, 15) is 0 Å². The van der Waals surface area contributed by atoms with E-state index in [1.54, 1.807) is 7.11 Å². The molecule has 0 unspecified atom stereocenters. The Bertz CT molecular complexity index is 453. The van der Waals surface area contributed by atoms with Crippen molar-refractivity contribution in [2.75, 3.05) is 40.3 Å². The summed E-state index contributed by atoms with van der Waals surface area (Å²) in [5, 5.41) is 6.74. The summed E-state index contributed by atoms with van der Waals surface area (Å²) in [6.07, 6.45) is 3.57. The molecule has 2 N–H and O–H groups in total. The third kappa shape index (κ3) is 8.20. The monoisotopic (exact) mass is 334 g/mol. The van der Waals surface area contributed by atoms with Gasteiger partial charge in [0.05, 0.1) is 7.11 Å². The zero-order chi connectivity index (χ0) is 17.6. The zero-order valence-corrected chi connectivity index (χ0v) is 15.8. The number of benzene rings is 1. The largest absolute Gasteiger partial charge is 0.497 e. The average Bonchev–Trinajstić information content (AvgIpc) is 2.62. The van der Waals surface area contributed by atoms with E-state index >= 15 is 0 Å². The maximum Gasteiger partial charge on any atom is 0.191 e. The summed E-state index contributed by atoms with van der Waals surface area (Å²) in [6.45, 7) is 9.70. The van der Waals surface area contributed by atoms with Gasteiger partial charge >= 0.3 is 0 Å². The highest BCUT2D eigenvalue weighted by Crippen LogP contribution is 2.10. The van der Waals surface area contributed by atoms with Gasteiger partial charge in [0.1, 0.15) is 5.75 Å². The highest BCUT2D eigenvalue weighted by atomic mass is 16.5. The minimum absolute atomic E-state index is 0.751. The number of aliphatic imine (C=N–C) groups is 1. The van der Waals surface area contributed by atoms with Crippen LogP contribution >= 0.6 is 0 Å². The lowest BCUT2D eigenvalue weighted by atomic mass is 10.2. The van der Waals surface area contributed by atoms with Gasteiger partial charge < -0.3 is 20.3 Å². The number of nitrogens with one attached hydrogen (secondary N) is 2. The van der Waals surface area contributed by atoms with Crippen LogP contribution in [-0.4, -0.2) is 51.2 Å². The molecule has 0 spiro atoms. The van der Waals surface area contributed by atoms with E-state index in [0.29, 0.717) is 0 Å². The molecule has 0 aliphatic rings. The second-order valence-corrected chi connectivity index (χ2v) is 5.90. The lowest BCUT2D eigenvalue weighted by Crippen LogP contribution is -2.38. The van der Waals surface area contributed by atoms with E-state index in [1.165, 1.54) is 31.5 Å². The molecule has 1 rings (SSSR count). The van der Waals surface area contributed by atoms with Crippen LogP contribution in [0.3, 0.4) is 0 Å². The van der Waals surface area contributed by atoms with Crippen LogP contribution in [0.2, 0.25) is 0 Å².